The summed E-state index contributed by atoms with van der Waals surface area (Å²) in [7, 11) is 0. The minimum absolute atomic E-state index is 0.0848. The molecule has 3 heteroatoms. The van der Waals surface area contributed by atoms with Gasteiger partial charge in [0, 0.05) is 5.75 Å². The van der Waals surface area contributed by atoms with E-state index in [-0.39, 0.29) is 18.1 Å². The summed E-state index contributed by atoms with van der Waals surface area (Å²) in [6.07, 6.45) is 7.62. The van der Waals surface area contributed by atoms with Crippen molar-refractivity contribution >= 4 is 16.9 Å². The number of hydrogen-bond donors (Lipinski definition) is 0. The fraction of sp³-hybridized carbons (Fsp3) is 0.727. The quantitative estimate of drug-likeness (QED) is 0.528. The van der Waals surface area contributed by atoms with E-state index in [9.17, 15) is 4.79 Å². The third kappa shape index (κ3) is 2.04. The Labute approximate surface area is 89.1 Å². The fourth-order valence-corrected chi connectivity index (χ4v) is 3.01. The van der Waals surface area contributed by atoms with Crippen molar-refractivity contribution in [3.8, 4) is 0 Å². The van der Waals surface area contributed by atoms with Crippen LogP contribution in [0, 0.1) is 5.92 Å². The van der Waals surface area contributed by atoms with Gasteiger partial charge in [-0.3, -0.25) is 4.79 Å². The zero-order valence-electron chi connectivity index (χ0n) is 8.44. The van der Waals surface area contributed by atoms with E-state index in [4.69, 9.17) is 4.74 Å². The van der Waals surface area contributed by atoms with Crippen molar-refractivity contribution < 1.29 is 9.53 Å². The van der Waals surface area contributed by atoms with E-state index in [1.54, 1.807) is 0 Å². The van der Waals surface area contributed by atoms with Crippen LogP contribution in [0.5, 0.6) is 0 Å². The van der Waals surface area contributed by atoms with E-state index < -0.39 is 0 Å². The third-order valence-corrected chi connectivity index (χ3v) is 3.86. The lowest BCUT2D eigenvalue weighted by atomic mass is 9.96. The van der Waals surface area contributed by atoms with Gasteiger partial charge in [0.2, 0.25) is 0 Å². The van der Waals surface area contributed by atoms with Crippen molar-refractivity contribution in [2.24, 2.45) is 5.92 Å². The number of thioether (sulfide) groups is 1. The number of hydrogen-bond acceptors (Lipinski definition) is 3. The average Bonchev–Trinajstić information content (AvgIpc) is 2.79. The Bertz CT molecular complexity index is 250. The molecule has 0 spiro atoms. The van der Waals surface area contributed by atoms with Crippen molar-refractivity contribution in [3.63, 3.8) is 0 Å². The maximum atomic E-state index is 11.8. The van der Waals surface area contributed by atoms with Crippen LogP contribution in [0.4, 0.5) is 0 Å². The molecule has 2 aliphatic rings. The van der Waals surface area contributed by atoms with Gasteiger partial charge in [-0.1, -0.05) is 37.3 Å². The first-order chi connectivity index (χ1) is 6.81. The van der Waals surface area contributed by atoms with Gasteiger partial charge in [-0.25, -0.2) is 0 Å². The predicted octanol–water partition coefficient (Wildman–Crippen LogP) is 2.39. The fourth-order valence-electron chi connectivity index (χ4n) is 1.93. The summed E-state index contributed by atoms with van der Waals surface area (Å²) >= 11 is 1.49. The summed E-state index contributed by atoms with van der Waals surface area (Å²) in [5, 5.41) is 0.329. The molecule has 0 aromatic carbocycles. The molecule has 78 valence electrons. The Morgan fingerprint density at radius 1 is 1.57 bits per heavy atom. The van der Waals surface area contributed by atoms with E-state index in [2.05, 4.69) is 13.0 Å². The van der Waals surface area contributed by atoms with Crippen molar-refractivity contribution in [3.05, 3.63) is 12.2 Å². The Hall–Kier alpha value is -0.280. The molecule has 14 heavy (non-hydrogen) atoms. The molecule has 1 saturated heterocycles. The topological polar surface area (TPSA) is 26.3 Å². The number of carbonyl (C=O) groups is 1. The van der Waals surface area contributed by atoms with Crippen molar-refractivity contribution in [2.45, 2.75) is 38.4 Å². The molecule has 2 nitrogen and oxygen atoms in total. The van der Waals surface area contributed by atoms with Crippen molar-refractivity contribution in [1.29, 1.82) is 0 Å². The lowest BCUT2D eigenvalue weighted by molar-refractivity contribution is -0.115. The predicted molar refractivity (Wildman–Crippen MR) is 58.3 cm³/mol. The molecular formula is C11H16O2S. The number of rotatable bonds is 4. The largest absolute Gasteiger partial charge is 0.366 e. The van der Waals surface area contributed by atoms with Crippen LogP contribution in [0.1, 0.15) is 26.2 Å². The van der Waals surface area contributed by atoms with E-state index in [0.717, 1.165) is 25.0 Å². The van der Waals surface area contributed by atoms with E-state index in [1.165, 1.54) is 11.8 Å². The molecule has 2 rings (SSSR count). The molecule has 2 aliphatic heterocycles. The maximum Gasteiger partial charge on any atom is 0.195 e. The van der Waals surface area contributed by atoms with Crippen LogP contribution in [0.15, 0.2) is 12.2 Å². The average molecular weight is 212 g/mol. The van der Waals surface area contributed by atoms with Gasteiger partial charge >= 0.3 is 0 Å². The molecule has 0 saturated carbocycles. The van der Waals surface area contributed by atoms with Crippen LogP contribution in [0.25, 0.3) is 0 Å². The van der Waals surface area contributed by atoms with Gasteiger partial charge in [0.25, 0.3) is 0 Å². The first kappa shape index (κ1) is 10.2. The van der Waals surface area contributed by atoms with E-state index >= 15 is 0 Å². The Kier molecular flexibility index (Phi) is 3.29. The number of fused-ring (bicyclic) bond motifs is 2. The highest BCUT2D eigenvalue weighted by Crippen LogP contribution is 2.36. The lowest BCUT2D eigenvalue weighted by Crippen LogP contribution is -2.20. The Balaban J connectivity index is 1.79. The molecule has 3 atom stereocenters. The second kappa shape index (κ2) is 4.49. The lowest BCUT2D eigenvalue weighted by Gasteiger charge is -2.12. The van der Waals surface area contributed by atoms with Gasteiger partial charge < -0.3 is 4.74 Å². The number of carbonyl (C=O) groups excluding carboxylic acids is 1. The Morgan fingerprint density at radius 2 is 2.43 bits per heavy atom. The van der Waals surface area contributed by atoms with Crippen LogP contribution in [-0.4, -0.2) is 23.1 Å². The smallest absolute Gasteiger partial charge is 0.195 e. The molecule has 0 amide bonds. The zero-order chi connectivity index (χ0) is 9.97. The first-order valence-electron chi connectivity index (χ1n) is 5.31. The molecule has 2 bridgehead atoms. The monoisotopic (exact) mass is 212 g/mol. The molecule has 0 aromatic rings. The van der Waals surface area contributed by atoms with Crippen LogP contribution >= 0.6 is 11.8 Å². The highest BCUT2D eigenvalue weighted by molar-refractivity contribution is 8.13. The van der Waals surface area contributed by atoms with Gasteiger partial charge in [0.15, 0.2) is 5.12 Å². The van der Waals surface area contributed by atoms with Crippen LogP contribution in [0.3, 0.4) is 0 Å². The second-order valence-corrected chi connectivity index (χ2v) is 4.99. The normalized spacial score (nSPS) is 33.9. The summed E-state index contributed by atoms with van der Waals surface area (Å²) < 4.78 is 5.57. The number of ether oxygens (including phenoxy) is 1. The molecule has 1 fully saturated rings. The van der Waals surface area contributed by atoms with Gasteiger partial charge in [-0.05, 0) is 12.8 Å². The van der Waals surface area contributed by atoms with Gasteiger partial charge in [0.05, 0.1) is 18.1 Å². The molecule has 0 aromatic heterocycles. The third-order valence-electron chi connectivity index (χ3n) is 2.78. The molecule has 3 unspecified atom stereocenters. The van der Waals surface area contributed by atoms with Gasteiger partial charge in [-0.2, -0.15) is 0 Å². The molecule has 2 heterocycles. The standard InChI is InChI=1S/C11H16O2S/c1-2-3-6-14-11(12)9-7-8-4-5-10(9)13-8/h4-5,8-10H,2-3,6-7H2,1H3. The van der Waals surface area contributed by atoms with E-state index in [0.29, 0.717) is 5.12 Å². The molecule has 0 N–H and O–H groups in total. The van der Waals surface area contributed by atoms with Crippen LogP contribution < -0.4 is 0 Å². The second-order valence-electron chi connectivity index (χ2n) is 3.89. The minimum atomic E-state index is 0.0848. The highest BCUT2D eigenvalue weighted by Gasteiger charge is 2.40. The summed E-state index contributed by atoms with van der Waals surface area (Å²) in [5.41, 5.74) is 0. The molecule has 0 aliphatic carbocycles. The summed E-state index contributed by atoms with van der Waals surface area (Å²) in [5.74, 6) is 1.10. The maximum absolute atomic E-state index is 11.8. The van der Waals surface area contributed by atoms with E-state index in [1.807, 2.05) is 6.08 Å². The highest BCUT2D eigenvalue weighted by atomic mass is 32.2. The van der Waals surface area contributed by atoms with Crippen LogP contribution in [0.2, 0.25) is 0 Å². The minimum Gasteiger partial charge on any atom is -0.366 e. The van der Waals surface area contributed by atoms with Crippen LogP contribution in [-0.2, 0) is 9.53 Å². The zero-order valence-corrected chi connectivity index (χ0v) is 9.26. The van der Waals surface area contributed by atoms with Crippen molar-refractivity contribution in [2.75, 3.05) is 5.75 Å². The van der Waals surface area contributed by atoms with Gasteiger partial charge in [-0.15, -0.1) is 0 Å². The summed E-state index contributed by atoms with van der Waals surface area (Å²) in [6.45, 7) is 2.15. The van der Waals surface area contributed by atoms with Crippen molar-refractivity contribution in [1.82, 2.24) is 0 Å². The molecule has 0 radical (unpaired) electrons. The summed E-state index contributed by atoms with van der Waals surface area (Å²) in [6, 6.07) is 0. The molecular weight excluding hydrogens is 196 g/mol. The SMILES string of the molecule is CCCCSC(=O)C1CC2C=CC1O2. The first-order valence-corrected chi connectivity index (χ1v) is 6.30. The number of unbranched alkanes of at least 4 members (excludes halogenated alkanes) is 1. The van der Waals surface area contributed by atoms with Gasteiger partial charge in [0.1, 0.15) is 0 Å². The Morgan fingerprint density at radius 3 is 3.00 bits per heavy atom. The summed E-state index contributed by atoms with van der Waals surface area (Å²) in [4.78, 5) is 11.8.